The highest BCUT2D eigenvalue weighted by molar-refractivity contribution is 5.73. The summed E-state index contributed by atoms with van der Waals surface area (Å²) < 4.78 is 7.24. The second-order valence-corrected chi connectivity index (χ2v) is 8.00. The molecule has 0 aromatic carbocycles. The van der Waals surface area contributed by atoms with Crippen molar-refractivity contribution in [3.63, 3.8) is 0 Å². The molecule has 0 unspecified atom stereocenters. The molecule has 0 radical (unpaired) electrons. The lowest BCUT2D eigenvalue weighted by molar-refractivity contribution is 0.279. The van der Waals surface area contributed by atoms with Crippen LogP contribution in [0.25, 0.3) is 11.4 Å². The number of anilines is 1. The van der Waals surface area contributed by atoms with Gasteiger partial charge in [-0.25, -0.2) is 4.98 Å². The number of piperidine rings is 1. The summed E-state index contributed by atoms with van der Waals surface area (Å²) in [4.78, 5) is 20.2. The normalized spacial score (nSPS) is 16.7. The molecule has 0 spiro atoms. The quantitative estimate of drug-likeness (QED) is 0.779. The Hall–Kier alpha value is -2.30. The number of ether oxygens (including phenoxy) is 1. The minimum absolute atomic E-state index is 0.0240. The molecule has 0 amide bonds. The minimum Gasteiger partial charge on any atom is -0.494 e. The van der Waals surface area contributed by atoms with Crippen LogP contribution in [0.15, 0.2) is 23.6 Å². The van der Waals surface area contributed by atoms with Crippen LogP contribution in [0.4, 0.5) is 5.82 Å². The van der Waals surface area contributed by atoms with Crippen LogP contribution < -0.4 is 10.5 Å². The van der Waals surface area contributed by atoms with Crippen LogP contribution in [0, 0.1) is 19.3 Å². The first kappa shape index (κ1) is 18.5. The number of aryl methyl sites for hydroxylation is 1. The Morgan fingerprint density at radius 2 is 1.96 bits per heavy atom. The molecule has 0 bridgehead atoms. The molecule has 26 heavy (non-hydrogen) atoms. The van der Waals surface area contributed by atoms with Gasteiger partial charge in [-0.15, -0.1) is 0 Å². The van der Waals surface area contributed by atoms with E-state index in [0.29, 0.717) is 29.0 Å². The van der Waals surface area contributed by atoms with Gasteiger partial charge >= 0.3 is 0 Å². The van der Waals surface area contributed by atoms with Crippen LogP contribution in [0.5, 0.6) is 0 Å². The third kappa shape index (κ3) is 3.35. The highest BCUT2D eigenvalue weighted by Crippen LogP contribution is 2.32. The Bertz CT molecular complexity index is 902. The molecule has 1 aliphatic rings. The predicted octanol–water partition coefficient (Wildman–Crippen LogP) is 3.94. The van der Waals surface area contributed by atoms with Crippen molar-refractivity contribution in [1.29, 1.82) is 0 Å². The summed E-state index contributed by atoms with van der Waals surface area (Å²) in [6.07, 6.45) is 4.03. The van der Waals surface area contributed by atoms with E-state index in [1.165, 1.54) is 0 Å². The minimum atomic E-state index is -0.0240. The van der Waals surface area contributed by atoms with E-state index in [9.17, 15) is 4.79 Å². The van der Waals surface area contributed by atoms with Crippen molar-refractivity contribution in [2.45, 2.75) is 47.5 Å². The lowest BCUT2D eigenvalue weighted by Crippen LogP contribution is -2.39. The number of hydrogen-bond acceptors (Lipinski definition) is 4. The van der Waals surface area contributed by atoms with Crippen LogP contribution in [0.1, 0.15) is 50.3 Å². The Morgan fingerprint density at radius 3 is 2.58 bits per heavy atom. The van der Waals surface area contributed by atoms with Gasteiger partial charge in [-0.1, -0.05) is 20.4 Å². The summed E-state index contributed by atoms with van der Waals surface area (Å²) in [6, 6.07) is 1.98. The highest BCUT2D eigenvalue weighted by atomic mass is 16.5. The van der Waals surface area contributed by atoms with Gasteiger partial charge in [0.05, 0.1) is 17.7 Å². The number of pyridine rings is 1. The zero-order chi connectivity index (χ0) is 19.1. The van der Waals surface area contributed by atoms with Crippen LogP contribution in [0.2, 0.25) is 0 Å². The Morgan fingerprint density at radius 1 is 1.31 bits per heavy atom. The van der Waals surface area contributed by atoms with Crippen molar-refractivity contribution in [3.8, 4) is 0 Å². The summed E-state index contributed by atoms with van der Waals surface area (Å²) in [7, 11) is 0. The van der Waals surface area contributed by atoms with Crippen molar-refractivity contribution >= 4 is 17.2 Å². The van der Waals surface area contributed by atoms with Crippen LogP contribution in [-0.4, -0.2) is 29.1 Å². The van der Waals surface area contributed by atoms with E-state index in [4.69, 9.17) is 9.72 Å². The monoisotopic (exact) mass is 355 g/mol. The van der Waals surface area contributed by atoms with Crippen molar-refractivity contribution in [2.75, 3.05) is 24.6 Å². The molecule has 2 aromatic heterocycles. The number of fused-ring (bicyclic) bond motifs is 1. The second kappa shape index (κ2) is 6.78. The van der Waals surface area contributed by atoms with E-state index in [0.717, 1.165) is 42.9 Å². The van der Waals surface area contributed by atoms with Gasteiger partial charge < -0.3 is 9.64 Å². The molecule has 0 saturated carbocycles. The molecule has 3 heterocycles. The van der Waals surface area contributed by atoms with Crippen molar-refractivity contribution in [3.05, 3.63) is 45.9 Å². The van der Waals surface area contributed by atoms with E-state index >= 15 is 0 Å². The summed E-state index contributed by atoms with van der Waals surface area (Å²) in [6.45, 7) is 16.8. The van der Waals surface area contributed by atoms with E-state index in [-0.39, 0.29) is 5.56 Å². The fourth-order valence-corrected chi connectivity index (χ4v) is 3.54. The number of rotatable bonds is 4. The lowest BCUT2D eigenvalue weighted by Gasteiger charge is -2.38. The Labute approximate surface area is 155 Å². The zero-order valence-corrected chi connectivity index (χ0v) is 16.6. The summed E-state index contributed by atoms with van der Waals surface area (Å²) >= 11 is 0. The average Bonchev–Trinajstić information content (AvgIpc) is 2.58. The molecule has 0 aliphatic carbocycles. The maximum Gasteiger partial charge on any atom is 0.262 e. The van der Waals surface area contributed by atoms with Gasteiger partial charge in [-0.3, -0.25) is 9.20 Å². The second-order valence-electron chi connectivity index (χ2n) is 8.00. The number of nitrogens with zero attached hydrogens (tertiary/aromatic N) is 3. The topological polar surface area (TPSA) is 46.8 Å². The molecule has 1 aliphatic heterocycles. The average molecular weight is 355 g/mol. The molecule has 1 saturated heterocycles. The Balaban J connectivity index is 2.16. The van der Waals surface area contributed by atoms with Crippen LogP contribution >= 0.6 is 0 Å². The number of aromatic nitrogens is 2. The van der Waals surface area contributed by atoms with E-state index in [2.05, 4.69) is 25.3 Å². The standard InChI is InChI=1S/C21H29N3O2/c1-7-26-16(4)17-12-14(2)13-24-19(17)22-18(15(3)20(24)25)23-10-8-21(5,6)9-11-23/h12-13H,4,7-11H2,1-3,5-6H3. The largest absolute Gasteiger partial charge is 0.494 e. The van der Waals surface area contributed by atoms with Gasteiger partial charge in [0.1, 0.15) is 11.6 Å². The Kier molecular flexibility index (Phi) is 4.82. The maximum atomic E-state index is 13.0. The molecule has 2 aromatic rings. The van der Waals surface area contributed by atoms with Gasteiger partial charge in [0.2, 0.25) is 0 Å². The zero-order valence-electron chi connectivity index (χ0n) is 16.6. The first-order chi connectivity index (χ1) is 12.2. The molecular weight excluding hydrogens is 326 g/mol. The molecule has 0 atom stereocenters. The van der Waals surface area contributed by atoms with Gasteiger partial charge in [-0.05, 0) is 50.7 Å². The van der Waals surface area contributed by atoms with Gasteiger partial charge in [-0.2, -0.15) is 0 Å². The van der Waals surface area contributed by atoms with E-state index in [1.54, 1.807) is 4.40 Å². The third-order valence-electron chi connectivity index (χ3n) is 5.30. The van der Waals surface area contributed by atoms with Gasteiger partial charge in [0, 0.05) is 19.3 Å². The summed E-state index contributed by atoms with van der Waals surface area (Å²) in [5.41, 5.74) is 3.39. The smallest absolute Gasteiger partial charge is 0.262 e. The van der Waals surface area contributed by atoms with Crippen molar-refractivity contribution < 1.29 is 4.74 Å². The van der Waals surface area contributed by atoms with Crippen LogP contribution in [0.3, 0.4) is 0 Å². The molecule has 1 fully saturated rings. The third-order valence-corrected chi connectivity index (χ3v) is 5.30. The van der Waals surface area contributed by atoms with Crippen LogP contribution in [-0.2, 0) is 4.74 Å². The van der Waals surface area contributed by atoms with E-state index < -0.39 is 0 Å². The molecule has 5 nitrogen and oxygen atoms in total. The lowest BCUT2D eigenvalue weighted by atomic mass is 9.82. The first-order valence-electron chi connectivity index (χ1n) is 9.34. The molecule has 5 heteroatoms. The SMILES string of the molecule is C=C(OCC)c1cc(C)cn2c(=O)c(C)c(N3CCC(C)(C)CC3)nc12. The first-order valence-corrected chi connectivity index (χ1v) is 9.34. The maximum absolute atomic E-state index is 13.0. The highest BCUT2D eigenvalue weighted by Gasteiger charge is 2.28. The van der Waals surface area contributed by atoms with Gasteiger partial charge in [0.25, 0.3) is 5.56 Å². The van der Waals surface area contributed by atoms with Crippen molar-refractivity contribution in [1.82, 2.24) is 9.38 Å². The fraction of sp³-hybridized carbons (Fsp3) is 0.524. The molecule has 3 rings (SSSR count). The van der Waals surface area contributed by atoms with E-state index in [1.807, 2.05) is 33.0 Å². The summed E-state index contributed by atoms with van der Waals surface area (Å²) in [5.74, 6) is 1.34. The molecule has 140 valence electrons. The van der Waals surface area contributed by atoms with Crippen molar-refractivity contribution in [2.24, 2.45) is 5.41 Å². The number of hydrogen-bond donors (Lipinski definition) is 0. The molecule has 0 N–H and O–H groups in total. The summed E-state index contributed by atoms with van der Waals surface area (Å²) in [5, 5.41) is 0. The molecular formula is C21H29N3O2. The predicted molar refractivity (Wildman–Crippen MR) is 107 cm³/mol. The van der Waals surface area contributed by atoms with Gasteiger partial charge in [0.15, 0.2) is 5.65 Å². The fourth-order valence-electron chi connectivity index (χ4n) is 3.54.